The van der Waals surface area contributed by atoms with E-state index < -0.39 is 106 Å². The summed E-state index contributed by atoms with van der Waals surface area (Å²) in [5.74, 6) is -5.68. The van der Waals surface area contributed by atoms with Gasteiger partial charge in [-0.1, -0.05) is 39.5 Å². The van der Waals surface area contributed by atoms with E-state index in [1.165, 1.54) is 27.7 Å². The van der Waals surface area contributed by atoms with Crippen LogP contribution in [-0.4, -0.2) is 106 Å². The Bertz CT molecular complexity index is 1280. The van der Waals surface area contributed by atoms with E-state index in [-0.39, 0.29) is 22.3 Å². The number of carbonyl (C=O) groups excluding carboxylic acids is 8. The lowest BCUT2D eigenvalue weighted by molar-refractivity contribution is -0.171. The number of hydrogen-bond acceptors (Lipinski definition) is 16. The number of alkyl carbamates (subject to hydrolysis) is 2. The molecule has 0 aromatic heterocycles. The lowest BCUT2D eigenvalue weighted by Crippen LogP contribution is -2.53. The van der Waals surface area contributed by atoms with Crippen LogP contribution in [0.5, 0.6) is 0 Å². The molecule has 0 aliphatic rings. The van der Waals surface area contributed by atoms with Crippen LogP contribution in [0.15, 0.2) is 73.9 Å². The largest absolute Gasteiger partial charge is 0.458 e. The minimum absolute atomic E-state index is 0.0443. The summed E-state index contributed by atoms with van der Waals surface area (Å²) in [6.07, 6.45) is -1.09. The van der Waals surface area contributed by atoms with E-state index in [1.54, 1.807) is 0 Å². The van der Waals surface area contributed by atoms with Crippen molar-refractivity contribution in [2.75, 3.05) is 46.3 Å². The van der Waals surface area contributed by atoms with Gasteiger partial charge in [0.15, 0.2) is 0 Å². The van der Waals surface area contributed by atoms with Gasteiger partial charge in [-0.15, -0.1) is 0 Å². The van der Waals surface area contributed by atoms with E-state index in [9.17, 15) is 38.4 Å². The number of hydrogen-bond donors (Lipinski definition) is 2. The van der Waals surface area contributed by atoms with Gasteiger partial charge in [0.05, 0.1) is 6.67 Å². The summed E-state index contributed by atoms with van der Waals surface area (Å²) in [6.45, 7) is 19.9. The first-order valence-electron chi connectivity index (χ1n) is 14.5. The predicted molar refractivity (Wildman–Crippen MR) is 175 cm³/mol. The molecule has 0 aliphatic carbocycles. The quantitative estimate of drug-likeness (QED) is 0.0702. The van der Waals surface area contributed by atoms with Gasteiger partial charge in [0.2, 0.25) is 11.2 Å². The van der Waals surface area contributed by atoms with Crippen molar-refractivity contribution in [3.05, 3.63) is 73.9 Å². The Kier molecular flexibility index (Phi) is 19.1. The van der Waals surface area contributed by atoms with Crippen LogP contribution in [0.3, 0.4) is 0 Å². The molecule has 0 spiro atoms. The monoisotopic (exact) mass is 722 g/mol. The zero-order chi connectivity index (χ0) is 39.4. The highest BCUT2D eigenvalue weighted by atomic mass is 16.7. The Labute approximate surface area is 294 Å². The number of amides is 2. The molecule has 18 nitrogen and oxygen atoms in total. The summed E-state index contributed by atoms with van der Waals surface area (Å²) in [7, 11) is 0. The van der Waals surface area contributed by atoms with Crippen molar-refractivity contribution in [1.82, 2.24) is 10.6 Å². The molecular weight excluding hydrogens is 680 g/mol. The second-order valence-electron chi connectivity index (χ2n) is 10.7. The molecule has 0 aliphatic heterocycles. The minimum atomic E-state index is -2.15. The van der Waals surface area contributed by atoms with Crippen LogP contribution >= 0.6 is 0 Å². The summed E-state index contributed by atoms with van der Waals surface area (Å²) in [5, 5.41) is 4.25. The Hall–Kier alpha value is -6.20. The van der Waals surface area contributed by atoms with Gasteiger partial charge in [-0.25, -0.2) is 38.4 Å². The fourth-order valence-corrected chi connectivity index (χ4v) is 2.89. The van der Waals surface area contributed by atoms with Gasteiger partial charge in [0.1, 0.15) is 39.6 Å². The average molecular weight is 723 g/mol. The standard InChI is InChI=1S/C33H42N2O16/c1-11-24(36)44-13-32(15-46-26(38)20(3)4,16-47-27(39)21(5)6)50-30(42)34-19-35-31(43)51-33(14-45-25(37)12-2,17-48-28(40)22(7)8)18-49-29(41)23(9)10/h11-12H,1-3,5,7,9,13-19H2,4,6,8,10H3,(H,34,42)(H,35,43). The van der Waals surface area contributed by atoms with Gasteiger partial charge in [-0.05, 0) is 27.7 Å². The first-order valence-corrected chi connectivity index (χ1v) is 14.5. The number of nitrogens with one attached hydrogen (secondary N) is 2. The smallest absolute Gasteiger partial charge is 0.409 e. The normalized spacial score (nSPS) is 10.4. The van der Waals surface area contributed by atoms with Crippen LogP contribution in [0.2, 0.25) is 0 Å². The van der Waals surface area contributed by atoms with Crippen LogP contribution in [0, 0.1) is 0 Å². The highest BCUT2D eigenvalue weighted by Crippen LogP contribution is 2.19. The van der Waals surface area contributed by atoms with E-state index in [1.807, 2.05) is 0 Å². The fourth-order valence-electron chi connectivity index (χ4n) is 2.89. The van der Waals surface area contributed by atoms with E-state index in [0.717, 1.165) is 12.2 Å². The Morgan fingerprint density at radius 3 is 0.922 bits per heavy atom. The van der Waals surface area contributed by atoms with E-state index in [0.29, 0.717) is 0 Å². The average Bonchev–Trinajstić information content (AvgIpc) is 3.07. The molecule has 0 bridgehead atoms. The Morgan fingerprint density at radius 1 is 0.471 bits per heavy atom. The minimum Gasteiger partial charge on any atom is -0.458 e. The van der Waals surface area contributed by atoms with Crippen LogP contribution in [0.1, 0.15) is 27.7 Å². The maximum absolute atomic E-state index is 12.9. The molecule has 51 heavy (non-hydrogen) atoms. The van der Waals surface area contributed by atoms with Crippen LogP contribution in [-0.2, 0) is 66.7 Å². The van der Waals surface area contributed by atoms with E-state index in [2.05, 4.69) is 50.1 Å². The summed E-state index contributed by atoms with van der Waals surface area (Å²) < 4.78 is 41.1. The van der Waals surface area contributed by atoms with Crippen molar-refractivity contribution >= 4 is 48.0 Å². The molecule has 2 N–H and O–H groups in total. The van der Waals surface area contributed by atoms with Crippen LogP contribution in [0.4, 0.5) is 9.59 Å². The lowest BCUT2D eigenvalue weighted by atomic mass is 10.1. The first-order chi connectivity index (χ1) is 23.7. The van der Waals surface area contributed by atoms with Gasteiger partial charge >= 0.3 is 48.0 Å². The molecule has 0 atom stereocenters. The third-order valence-electron chi connectivity index (χ3n) is 5.63. The van der Waals surface area contributed by atoms with Gasteiger partial charge in [-0.2, -0.15) is 0 Å². The summed E-state index contributed by atoms with van der Waals surface area (Å²) in [4.78, 5) is 98.0. The molecule has 0 heterocycles. The molecule has 18 heteroatoms. The molecule has 0 rings (SSSR count). The van der Waals surface area contributed by atoms with Gasteiger partial charge < -0.3 is 48.5 Å². The predicted octanol–water partition coefficient (Wildman–Crippen LogP) is 1.81. The maximum atomic E-state index is 12.9. The third kappa shape index (κ3) is 17.7. The molecule has 0 aromatic rings. The zero-order valence-corrected chi connectivity index (χ0v) is 28.9. The third-order valence-corrected chi connectivity index (χ3v) is 5.63. The van der Waals surface area contributed by atoms with Crippen molar-refractivity contribution in [3.63, 3.8) is 0 Å². The SMILES string of the molecule is C=CC(=O)OCC(COC(=O)C(=C)C)(COC(=O)C(=C)C)OC(=O)NCNC(=O)OC(COC(=O)C=C)(COC(=O)C(=C)C)COC(=O)C(=C)C. The zero-order valence-electron chi connectivity index (χ0n) is 28.9. The van der Waals surface area contributed by atoms with Gasteiger partial charge in [0, 0.05) is 34.4 Å². The topological polar surface area (TPSA) is 234 Å². The molecule has 0 unspecified atom stereocenters. The van der Waals surface area contributed by atoms with Crippen molar-refractivity contribution < 1.29 is 76.3 Å². The number of carbonyl (C=O) groups is 8. The van der Waals surface area contributed by atoms with Crippen molar-refractivity contribution in [2.45, 2.75) is 38.9 Å². The van der Waals surface area contributed by atoms with Crippen LogP contribution < -0.4 is 10.6 Å². The molecule has 280 valence electrons. The number of rotatable bonds is 22. The molecule has 0 aromatic carbocycles. The molecular formula is C33H42N2O16. The highest BCUT2D eigenvalue weighted by molar-refractivity contribution is 5.88. The maximum Gasteiger partial charge on any atom is 0.409 e. The number of ether oxygens (including phenoxy) is 8. The summed E-state index contributed by atoms with van der Waals surface area (Å²) in [5.41, 5.74) is -4.47. The molecule has 0 saturated carbocycles. The first kappa shape index (κ1) is 44.8. The second-order valence-corrected chi connectivity index (χ2v) is 10.7. The molecule has 2 amide bonds. The molecule has 0 fully saturated rings. The Balaban J connectivity index is 6.13. The van der Waals surface area contributed by atoms with Gasteiger partial charge in [0.25, 0.3) is 0 Å². The molecule has 0 radical (unpaired) electrons. The number of esters is 6. The summed E-state index contributed by atoms with van der Waals surface area (Å²) >= 11 is 0. The van der Waals surface area contributed by atoms with E-state index >= 15 is 0 Å². The van der Waals surface area contributed by atoms with Crippen molar-refractivity contribution in [3.8, 4) is 0 Å². The van der Waals surface area contributed by atoms with E-state index in [4.69, 9.17) is 37.9 Å². The molecule has 0 saturated heterocycles. The van der Waals surface area contributed by atoms with Crippen molar-refractivity contribution in [2.24, 2.45) is 0 Å². The highest BCUT2D eigenvalue weighted by Gasteiger charge is 2.42. The Morgan fingerprint density at radius 2 is 0.706 bits per heavy atom. The van der Waals surface area contributed by atoms with Crippen molar-refractivity contribution in [1.29, 1.82) is 0 Å². The second kappa shape index (κ2) is 21.7. The van der Waals surface area contributed by atoms with Crippen LogP contribution in [0.25, 0.3) is 0 Å². The fraction of sp³-hybridized carbons (Fsp3) is 0.394. The van der Waals surface area contributed by atoms with Gasteiger partial charge in [-0.3, -0.25) is 0 Å². The lowest BCUT2D eigenvalue weighted by Gasteiger charge is -2.32. The summed E-state index contributed by atoms with van der Waals surface area (Å²) in [6, 6.07) is 0.